The predicted octanol–water partition coefficient (Wildman–Crippen LogP) is 1.19. The monoisotopic (exact) mass is 268 g/mol. The van der Waals surface area contributed by atoms with Crippen molar-refractivity contribution in [2.24, 2.45) is 10.8 Å². The molecule has 0 radical (unpaired) electrons. The van der Waals surface area contributed by atoms with Crippen LogP contribution in [0.4, 0.5) is 0 Å². The fourth-order valence-corrected chi connectivity index (χ4v) is 3.94. The van der Waals surface area contributed by atoms with Crippen LogP contribution in [0, 0.1) is 10.8 Å². The van der Waals surface area contributed by atoms with Crippen molar-refractivity contribution in [2.75, 3.05) is 6.61 Å². The van der Waals surface area contributed by atoms with Gasteiger partial charge >= 0.3 is 0 Å². The maximum atomic E-state index is 12.2. The van der Waals surface area contributed by atoms with Crippen LogP contribution in [0.15, 0.2) is 11.6 Å². The van der Waals surface area contributed by atoms with Crippen LogP contribution in [0.1, 0.15) is 46.5 Å². The van der Waals surface area contributed by atoms with Gasteiger partial charge in [-0.25, -0.2) is 0 Å². The summed E-state index contributed by atoms with van der Waals surface area (Å²) in [5.74, 6) is -0.0501. The smallest absolute Gasteiger partial charge is 0.142 e. The third-order valence-corrected chi connectivity index (χ3v) is 5.42. The van der Waals surface area contributed by atoms with Crippen LogP contribution in [0.3, 0.4) is 0 Å². The van der Waals surface area contributed by atoms with Gasteiger partial charge < -0.3 is 15.3 Å². The molecule has 4 atom stereocenters. The summed E-state index contributed by atoms with van der Waals surface area (Å²) in [6.45, 7) is 4.74. The Hall–Kier alpha value is -0.710. The third kappa shape index (κ3) is 1.89. The van der Waals surface area contributed by atoms with E-state index in [2.05, 4.69) is 0 Å². The van der Waals surface area contributed by atoms with Gasteiger partial charge in [0.05, 0.1) is 18.1 Å². The van der Waals surface area contributed by atoms with Gasteiger partial charge in [0.1, 0.15) is 11.4 Å². The van der Waals surface area contributed by atoms with Crippen molar-refractivity contribution in [2.45, 2.75) is 58.2 Å². The zero-order chi connectivity index (χ0) is 14.5. The van der Waals surface area contributed by atoms with E-state index in [0.29, 0.717) is 18.4 Å². The normalized spacial score (nSPS) is 41.4. The summed E-state index contributed by atoms with van der Waals surface area (Å²) in [6.07, 6.45) is 3.91. The maximum Gasteiger partial charge on any atom is 0.142 e. The van der Waals surface area contributed by atoms with Crippen LogP contribution >= 0.6 is 0 Å². The number of aliphatic hydroxyl groups is 3. The van der Waals surface area contributed by atoms with Gasteiger partial charge in [-0.15, -0.1) is 0 Å². The Balaban J connectivity index is 2.55. The molecule has 0 amide bonds. The first-order valence-corrected chi connectivity index (χ1v) is 6.94. The van der Waals surface area contributed by atoms with E-state index in [1.54, 1.807) is 13.0 Å². The number of Topliss-reactive ketones (excluding diaryl/α,β-unsaturated/α-hetero) is 1. The van der Waals surface area contributed by atoms with Crippen LogP contribution in [-0.2, 0) is 4.79 Å². The number of hydrogen-bond acceptors (Lipinski definition) is 4. The molecule has 108 valence electrons. The molecule has 2 aliphatic rings. The second-order valence-electron chi connectivity index (χ2n) is 6.64. The van der Waals surface area contributed by atoms with E-state index >= 15 is 0 Å². The van der Waals surface area contributed by atoms with Crippen molar-refractivity contribution < 1.29 is 20.1 Å². The molecule has 4 heteroatoms. The summed E-state index contributed by atoms with van der Waals surface area (Å²) in [5.41, 5.74) is -1.79. The molecule has 1 saturated carbocycles. The summed E-state index contributed by atoms with van der Waals surface area (Å²) >= 11 is 0. The molecule has 4 nitrogen and oxygen atoms in total. The van der Waals surface area contributed by atoms with Gasteiger partial charge in [-0.2, -0.15) is 0 Å². The number of fused-ring (bicyclic) bond motifs is 1. The van der Waals surface area contributed by atoms with Crippen LogP contribution < -0.4 is 0 Å². The molecule has 0 saturated heterocycles. The molecule has 2 aliphatic carbocycles. The van der Waals surface area contributed by atoms with Crippen LogP contribution in [-0.4, -0.2) is 39.4 Å². The van der Waals surface area contributed by atoms with E-state index in [4.69, 9.17) is 0 Å². The lowest BCUT2D eigenvalue weighted by Gasteiger charge is -2.47. The first-order chi connectivity index (χ1) is 8.69. The molecule has 0 aliphatic heterocycles. The Morgan fingerprint density at radius 3 is 2.68 bits per heavy atom. The molecule has 19 heavy (non-hydrogen) atoms. The highest BCUT2D eigenvalue weighted by Gasteiger charge is 2.60. The summed E-state index contributed by atoms with van der Waals surface area (Å²) < 4.78 is 0. The average molecular weight is 268 g/mol. The van der Waals surface area contributed by atoms with E-state index in [-0.39, 0.29) is 17.8 Å². The second-order valence-corrected chi connectivity index (χ2v) is 6.64. The number of ketones is 1. The molecule has 0 bridgehead atoms. The molecule has 0 aromatic rings. The largest absolute Gasteiger partial charge is 0.393 e. The summed E-state index contributed by atoms with van der Waals surface area (Å²) in [7, 11) is 0. The summed E-state index contributed by atoms with van der Waals surface area (Å²) in [6, 6.07) is 0. The Kier molecular flexibility index (Phi) is 3.40. The standard InChI is InChI=1S/C15H24O4/c1-10(17)15-8-11(14(3,19)9-16)4-6-13(15,2)7-5-12(15)18/h8,12,16,18-19H,4-7,9H2,1-3H3/t12-,13+,14+,15+/m0/s1. The highest BCUT2D eigenvalue weighted by atomic mass is 16.3. The van der Waals surface area contributed by atoms with Gasteiger partial charge in [0.15, 0.2) is 0 Å². The van der Waals surface area contributed by atoms with E-state index < -0.39 is 17.1 Å². The van der Waals surface area contributed by atoms with Crippen molar-refractivity contribution in [1.29, 1.82) is 0 Å². The minimum absolute atomic E-state index is 0.0501. The van der Waals surface area contributed by atoms with E-state index in [9.17, 15) is 20.1 Å². The first-order valence-electron chi connectivity index (χ1n) is 6.94. The maximum absolute atomic E-state index is 12.2. The Morgan fingerprint density at radius 1 is 1.53 bits per heavy atom. The van der Waals surface area contributed by atoms with E-state index in [0.717, 1.165) is 12.8 Å². The minimum Gasteiger partial charge on any atom is -0.393 e. The summed E-state index contributed by atoms with van der Waals surface area (Å²) in [5, 5.41) is 29.9. The first kappa shape index (κ1) is 14.7. The zero-order valence-corrected chi connectivity index (χ0v) is 11.9. The zero-order valence-electron chi connectivity index (χ0n) is 11.9. The van der Waals surface area contributed by atoms with Crippen molar-refractivity contribution in [1.82, 2.24) is 0 Å². The van der Waals surface area contributed by atoms with Gasteiger partial charge in [-0.3, -0.25) is 4.79 Å². The molecular formula is C15H24O4. The van der Waals surface area contributed by atoms with Gasteiger partial charge in [-0.05, 0) is 50.5 Å². The van der Waals surface area contributed by atoms with Crippen LogP contribution in [0.25, 0.3) is 0 Å². The number of hydrogen-bond donors (Lipinski definition) is 3. The molecule has 2 rings (SSSR count). The van der Waals surface area contributed by atoms with Gasteiger partial charge in [0.2, 0.25) is 0 Å². The third-order valence-electron chi connectivity index (χ3n) is 5.42. The molecule has 0 aromatic heterocycles. The van der Waals surface area contributed by atoms with Gasteiger partial charge in [0, 0.05) is 0 Å². The van der Waals surface area contributed by atoms with E-state index in [1.807, 2.05) is 6.92 Å². The SMILES string of the molecule is CC(=O)[C@@]12C=C([C@](C)(O)CO)CC[C@]1(C)CC[C@@H]2O. The lowest BCUT2D eigenvalue weighted by atomic mass is 9.57. The van der Waals surface area contributed by atoms with Gasteiger partial charge in [0.25, 0.3) is 0 Å². The number of carbonyl (C=O) groups excluding carboxylic acids is 1. The van der Waals surface area contributed by atoms with Crippen LogP contribution in [0.5, 0.6) is 0 Å². The number of rotatable bonds is 3. The van der Waals surface area contributed by atoms with Gasteiger partial charge in [-0.1, -0.05) is 13.0 Å². The van der Waals surface area contributed by atoms with Crippen molar-refractivity contribution in [3.05, 3.63) is 11.6 Å². The lowest BCUT2D eigenvalue weighted by Crippen LogP contribution is -2.50. The fraction of sp³-hybridized carbons (Fsp3) is 0.800. The highest BCUT2D eigenvalue weighted by molar-refractivity contribution is 5.87. The molecule has 0 aromatic carbocycles. The fourth-order valence-electron chi connectivity index (χ4n) is 3.94. The molecule has 3 N–H and O–H groups in total. The van der Waals surface area contributed by atoms with Crippen molar-refractivity contribution in [3.8, 4) is 0 Å². The second kappa shape index (κ2) is 4.40. The molecule has 0 unspecified atom stereocenters. The molecular weight excluding hydrogens is 244 g/mol. The Labute approximate surface area is 114 Å². The van der Waals surface area contributed by atoms with E-state index in [1.165, 1.54) is 6.92 Å². The minimum atomic E-state index is -1.31. The molecule has 0 heterocycles. The van der Waals surface area contributed by atoms with Crippen molar-refractivity contribution in [3.63, 3.8) is 0 Å². The predicted molar refractivity (Wildman–Crippen MR) is 71.5 cm³/mol. The molecule has 0 spiro atoms. The lowest BCUT2D eigenvalue weighted by molar-refractivity contribution is -0.135. The average Bonchev–Trinajstić information content (AvgIpc) is 2.62. The Bertz CT molecular complexity index is 426. The summed E-state index contributed by atoms with van der Waals surface area (Å²) in [4.78, 5) is 12.2. The molecule has 1 fully saturated rings. The van der Waals surface area contributed by atoms with Crippen LogP contribution in [0.2, 0.25) is 0 Å². The number of aliphatic hydroxyl groups excluding tert-OH is 2. The highest BCUT2D eigenvalue weighted by Crippen LogP contribution is 2.60. The quantitative estimate of drug-likeness (QED) is 0.672. The number of carbonyl (C=O) groups is 1. The topological polar surface area (TPSA) is 77.8 Å². The van der Waals surface area contributed by atoms with Crippen molar-refractivity contribution >= 4 is 5.78 Å². The Morgan fingerprint density at radius 2 is 2.16 bits per heavy atom.